The van der Waals surface area contributed by atoms with E-state index in [2.05, 4.69) is 29.2 Å². The summed E-state index contributed by atoms with van der Waals surface area (Å²) in [6.45, 7) is 5.00. The second kappa shape index (κ2) is 8.51. The summed E-state index contributed by atoms with van der Waals surface area (Å²) in [5.74, 6) is 2.67. The first-order chi connectivity index (χ1) is 15.0. The zero-order valence-electron chi connectivity index (χ0n) is 18.1. The number of rotatable bonds is 7. The van der Waals surface area contributed by atoms with Crippen molar-refractivity contribution >= 4 is 22.8 Å². The Hall–Kier alpha value is -3.81. The van der Waals surface area contributed by atoms with Gasteiger partial charge in [-0.3, -0.25) is 0 Å². The zero-order valence-corrected chi connectivity index (χ0v) is 18.1. The molecule has 0 atom stereocenters. The van der Waals surface area contributed by atoms with Crippen molar-refractivity contribution in [2.24, 2.45) is 5.92 Å². The number of nitrogens with two attached hydrogens (primary N) is 1. The van der Waals surface area contributed by atoms with Crippen LogP contribution in [0.1, 0.15) is 13.8 Å². The van der Waals surface area contributed by atoms with Gasteiger partial charge in [0.1, 0.15) is 5.82 Å². The van der Waals surface area contributed by atoms with Crippen LogP contribution in [0.25, 0.3) is 28.0 Å². The first-order valence-corrected chi connectivity index (χ1v) is 10.1. The van der Waals surface area contributed by atoms with E-state index in [4.69, 9.17) is 20.2 Å². The highest BCUT2D eigenvalue weighted by atomic mass is 16.5. The van der Waals surface area contributed by atoms with E-state index in [0.717, 1.165) is 17.8 Å². The van der Waals surface area contributed by atoms with Gasteiger partial charge in [-0.15, -0.1) is 5.10 Å². The average molecular weight is 419 g/mol. The number of nitrogen functional groups attached to an aromatic ring is 1. The number of nitrogens with zero attached hydrogens (tertiary/aromatic N) is 4. The Bertz CT molecular complexity index is 1200. The van der Waals surface area contributed by atoms with Crippen molar-refractivity contribution in [3.05, 3.63) is 48.5 Å². The Morgan fingerprint density at radius 2 is 1.74 bits per heavy atom. The number of para-hydroxylation sites is 1. The van der Waals surface area contributed by atoms with Crippen LogP contribution in [0, 0.1) is 5.92 Å². The minimum Gasteiger partial charge on any atom is -0.493 e. The molecule has 0 spiro atoms. The lowest BCUT2D eigenvalue weighted by atomic mass is 10.1. The Labute approximate surface area is 181 Å². The molecule has 3 N–H and O–H groups in total. The smallest absolute Gasteiger partial charge is 0.225 e. The van der Waals surface area contributed by atoms with Crippen molar-refractivity contribution in [1.29, 1.82) is 0 Å². The van der Waals surface area contributed by atoms with Gasteiger partial charge in [0.2, 0.25) is 5.95 Å². The van der Waals surface area contributed by atoms with Crippen molar-refractivity contribution in [1.82, 2.24) is 19.7 Å². The number of hydrogen-bond donors (Lipinski definition) is 2. The van der Waals surface area contributed by atoms with Crippen LogP contribution in [0.15, 0.2) is 48.5 Å². The molecule has 0 amide bonds. The zero-order chi connectivity index (χ0) is 22.0. The Morgan fingerprint density at radius 3 is 2.42 bits per heavy atom. The van der Waals surface area contributed by atoms with Gasteiger partial charge in [-0.2, -0.15) is 4.98 Å². The van der Waals surface area contributed by atoms with Gasteiger partial charge in [0.25, 0.3) is 0 Å². The molecule has 4 rings (SSSR count). The number of fused-ring (bicyclic) bond motifs is 1. The second-order valence-corrected chi connectivity index (χ2v) is 7.57. The van der Waals surface area contributed by atoms with E-state index in [1.54, 1.807) is 18.9 Å². The van der Waals surface area contributed by atoms with Crippen LogP contribution >= 0.6 is 0 Å². The molecule has 8 heteroatoms. The topological polar surface area (TPSA) is 100 Å². The quantitative estimate of drug-likeness (QED) is 0.465. The number of nitrogens with one attached hydrogen (secondary N) is 1. The van der Waals surface area contributed by atoms with E-state index in [9.17, 15) is 0 Å². The van der Waals surface area contributed by atoms with E-state index >= 15 is 0 Å². The van der Waals surface area contributed by atoms with Crippen LogP contribution in [-0.4, -0.2) is 40.5 Å². The number of ether oxygens (including phenoxy) is 2. The van der Waals surface area contributed by atoms with Gasteiger partial charge >= 0.3 is 0 Å². The molecule has 0 aliphatic rings. The summed E-state index contributed by atoms with van der Waals surface area (Å²) in [6.07, 6.45) is 0. The molecule has 0 unspecified atom stereocenters. The maximum absolute atomic E-state index is 6.55. The van der Waals surface area contributed by atoms with E-state index < -0.39 is 0 Å². The highest BCUT2D eigenvalue weighted by molar-refractivity contribution is 5.99. The predicted octanol–water partition coefficient (Wildman–Crippen LogP) is 4.15. The molecular weight excluding hydrogens is 392 g/mol. The summed E-state index contributed by atoms with van der Waals surface area (Å²) < 4.78 is 12.6. The largest absolute Gasteiger partial charge is 0.493 e. The lowest BCUT2D eigenvalue weighted by Gasteiger charge is -2.12. The average Bonchev–Trinajstić information content (AvgIpc) is 3.13. The number of hydrogen-bond acceptors (Lipinski definition) is 7. The molecule has 0 radical (unpaired) electrons. The molecule has 2 aromatic heterocycles. The third-order valence-electron chi connectivity index (χ3n) is 4.90. The molecule has 4 aromatic rings. The van der Waals surface area contributed by atoms with Crippen LogP contribution < -0.4 is 20.5 Å². The summed E-state index contributed by atoms with van der Waals surface area (Å²) in [4.78, 5) is 9.42. The number of aromatic nitrogens is 4. The lowest BCUT2D eigenvalue weighted by Crippen LogP contribution is -2.11. The number of methoxy groups -OCH3 is 2. The van der Waals surface area contributed by atoms with Crippen molar-refractivity contribution in [3.63, 3.8) is 0 Å². The van der Waals surface area contributed by atoms with E-state index in [1.165, 1.54) is 0 Å². The summed E-state index contributed by atoms with van der Waals surface area (Å²) in [5, 5.41) is 8.66. The Balaban J connectivity index is 1.94. The summed E-state index contributed by atoms with van der Waals surface area (Å²) >= 11 is 0. The molecule has 31 heavy (non-hydrogen) atoms. The van der Waals surface area contributed by atoms with Crippen molar-refractivity contribution in [3.8, 4) is 28.4 Å². The molecule has 0 saturated carbocycles. The van der Waals surface area contributed by atoms with Gasteiger partial charge in [-0.05, 0) is 36.2 Å². The highest BCUT2D eigenvalue weighted by Gasteiger charge is 2.20. The molecule has 8 nitrogen and oxygen atoms in total. The fourth-order valence-corrected chi connectivity index (χ4v) is 3.34. The van der Waals surface area contributed by atoms with Crippen LogP contribution in [0.5, 0.6) is 11.5 Å². The normalized spacial score (nSPS) is 11.1. The maximum atomic E-state index is 6.55. The monoisotopic (exact) mass is 418 g/mol. The molecule has 2 aromatic carbocycles. The first kappa shape index (κ1) is 20.5. The van der Waals surface area contributed by atoms with Crippen molar-refractivity contribution < 1.29 is 9.47 Å². The molecule has 0 bridgehead atoms. The van der Waals surface area contributed by atoms with Gasteiger partial charge in [0, 0.05) is 12.1 Å². The van der Waals surface area contributed by atoms with Crippen LogP contribution in [0.4, 0.5) is 11.8 Å². The summed E-state index contributed by atoms with van der Waals surface area (Å²) in [5.41, 5.74) is 9.44. The minimum atomic E-state index is 0.441. The second-order valence-electron chi connectivity index (χ2n) is 7.57. The van der Waals surface area contributed by atoms with Crippen LogP contribution in [0.2, 0.25) is 0 Å². The number of benzene rings is 2. The van der Waals surface area contributed by atoms with Gasteiger partial charge in [0.15, 0.2) is 17.1 Å². The Kier molecular flexibility index (Phi) is 5.62. The minimum absolute atomic E-state index is 0.441. The maximum Gasteiger partial charge on any atom is 0.225 e. The molecule has 0 saturated heterocycles. The summed E-state index contributed by atoms with van der Waals surface area (Å²) in [7, 11) is 3.21. The highest BCUT2D eigenvalue weighted by Crippen LogP contribution is 2.37. The first-order valence-electron chi connectivity index (χ1n) is 10.1. The van der Waals surface area contributed by atoms with Gasteiger partial charge in [0.05, 0.1) is 31.0 Å². The molecule has 160 valence electrons. The van der Waals surface area contributed by atoms with E-state index in [1.807, 2.05) is 48.5 Å². The Morgan fingerprint density at radius 1 is 1.00 bits per heavy atom. The molecule has 0 aliphatic carbocycles. The van der Waals surface area contributed by atoms with Crippen molar-refractivity contribution in [2.75, 3.05) is 31.8 Å². The number of anilines is 2. The third kappa shape index (κ3) is 3.96. The molecular formula is C23H26N6O2. The predicted molar refractivity (Wildman–Crippen MR) is 123 cm³/mol. The summed E-state index contributed by atoms with van der Waals surface area (Å²) in [6, 6.07) is 15.4. The molecule has 0 fully saturated rings. The fraction of sp³-hybridized carbons (Fsp3) is 0.261. The standard InChI is InChI=1S/C23H26N6O2/c1-14(2)13-25-23-26-20(15-10-11-17(30-3)18(12-15)31-4)19-21(24)29(28-22(19)27-23)16-8-6-5-7-9-16/h5-12,14H,13,24H2,1-4H3,(H,25,27,28). The van der Waals surface area contributed by atoms with E-state index in [-0.39, 0.29) is 0 Å². The van der Waals surface area contributed by atoms with Gasteiger partial charge in [-0.1, -0.05) is 32.0 Å². The van der Waals surface area contributed by atoms with Gasteiger partial charge < -0.3 is 20.5 Å². The molecule has 0 aliphatic heterocycles. The fourth-order valence-electron chi connectivity index (χ4n) is 3.34. The lowest BCUT2D eigenvalue weighted by molar-refractivity contribution is 0.355. The molecule has 2 heterocycles. The van der Waals surface area contributed by atoms with Crippen LogP contribution in [0.3, 0.4) is 0 Å². The van der Waals surface area contributed by atoms with Crippen molar-refractivity contribution in [2.45, 2.75) is 13.8 Å². The SMILES string of the molecule is COc1ccc(-c2nc(NCC(C)C)nc3nn(-c4ccccc4)c(N)c23)cc1OC. The third-order valence-corrected chi connectivity index (χ3v) is 4.90. The van der Waals surface area contributed by atoms with Gasteiger partial charge in [-0.25, -0.2) is 9.67 Å². The van der Waals surface area contributed by atoms with Crippen LogP contribution in [-0.2, 0) is 0 Å². The van der Waals surface area contributed by atoms with E-state index in [0.29, 0.717) is 45.9 Å².